The highest BCUT2D eigenvalue weighted by molar-refractivity contribution is 5.84. The first-order valence-electron chi connectivity index (χ1n) is 11.4. The molecule has 2 amide bonds. The van der Waals surface area contributed by atoms with Crippen LogP contribution >= 0.6 is 0 Å². The average Bonchev–Trinajstić information content (AvgIpc) is 2.86. The molecule has 0 radical (unpaired) electrons. The van der Waals surface area contributed by atoms with Crippen molar-refractivity contribution in [1.29, 1.82) is 0 Å². The van der Waals surface area contributed by atoms with Crippen LogP contribution in [0.3, 0.4) is 0 Å². The van der Waals surface area contributed by atoms with E-state index >= 15 is 0 Å². The van der Waals surface area contributed by atoms with Gasteiger partial charge in [0.2, 0.25) is 5.91 Å². The van der Waals surface area contributed by atoms with E-state index in [9.17, 15) is 9.59 Å². The maximum atomic E-state index is 13.1. The Hall–Kier alpha value is -3.34. The van der Waals surface area contributed by atoms with Crippen LogP contribution in [-0.2, 0) is 22.6 Å². The summed E-state index contributed by atoms with van der Waals surface area (Å²) in [7, 11) is 0. The third-order valence-electron chi connectivity index (χ3n) is 6.72. The maximum absolute atomic E-state index is 13.1. The molecular formula is C27H28N2O3. The molecule has 5 nitrogen and oxygen atoms in total. The number of carbonyl (C=O) groups is 2. The summed E-state index contributed by atoms with van der Waals surface area (Å²) in [4.78, 5) is 29.5. The second-order valence-electron chi connectivity index (χ2n) is 8.73. The Kier molecular flexibility index (Phi) is 5.80. The first-order valence-corrected chi connectivity index (χ1v) is 11.4. The molecule has 0 N–H and O–H groups in total. The summed E-state index contributed by atoms with van der Waals surface area (Å²) in [5.41, 5.74) is 2.61. The molecule has 5 rings (SSSR count). The molecule has 2 aliphatic heterocycles. The van der Waals surface area contributed by atoms with Crippen LogP contribution in [0, 0.1) is 5.92 Å². The summed E-state index contributed by atoms with van der Waals surface area (Å²) >= 11 is 0. The fourth-order valence-corrected chi connectivity index (χ4v) is 4.81. The molecule has 5 heteroatoms. The molecule has 0 aliphatic carbocycles. The smallest absolute Gasteiger partial charge is 0.260 e. The second kappa shape index (κ2) is 9.03. The lowest BCUT2D eigenvalue weighted by molar-refractivity contribution is -0.142. The minimum atomic E-state index is -0.0176. The molecule has 0 saturated carbocycles. The van der Waals surface area contributed by atoms with Crippen molar-refractivity contribution >= 4 is 22.6 Å². The highest BCUT2D eigenvalue weighted by atomic mass is 16.5. The number of piperidine rings is 1. The molecule has 3 aromatic carbocycles. The number of ether oxygens (including phenoxy) is 1. The van der Waals surface area contributed by atoms with Crippen LogP contribution < -0.4 is 4.74 Å². The molecule has 164 valence electrons. The minimum absolute atomic E-state index is 0.00529. The van der Waals surface area contributed by atoms with Crippen molar-refractivity contribution in [2.75, 3.05) is 26.2 Å². The standard InChI is InChI=1S/C27H28N2O3/c30-26(19-32-25-10-9-20-5-1-3-7-23(20)17-25)28-14-12-22(13-15-28)27(31)29-16-11-21-6-2-4-8-24(21)18-29/h1-10,17,22H,11-16,18-19H2. The molecule has 1 fully saturated rings. The number of likely N-dealkylation sites (tertiary alicyclic amines) is 1. The van der Waals surface area contributed by atoms with Gasteiger partial charge in [0.05, 0.1) is 0 Å². The Morgan fingerprint density at radius 3 is 2.34 bits per heavy atom. The van der Waals surface area contributed by atoms with E-state index in [0.717, 1.165) is 36.6 Å². The number of nitrogens with zero attached hydrogens (tertiary/aromatic N) is 2. The first kappa shape index (κ1) is 20.6. The fourth-order valence-electron chi connectivity index (χ4n) is 4.81. The Morgan fingerprint density at radius 2 is 1.53 bits per heavy atom. The zero-order valence-corrected chi connectivity index (χ0v) is 18.2. The van der Waals surface area contributed by atoms with Crippen molar-refractivity contribution in [1.82, 2.24) is 9.80 Å². The SMILES string of the molecule is O=C(COc1ccc2ccccc2c1)N1CCC(C(=O)N2CCc3ccccc3C2)CC1. The Morgan fingerprint density at radius 1 is 0.812 bits per heavy atom. The monoisotopic (exact) mass is 428 g/mol. The fraction of sp³-hybridized carbons (Fsp3) is 0.333. The quantitative estimate of drug-likeness (QED) is 0.630. The molecular weight excluding hydrogens is 400 g/mol. The minimum Gasteiger partial charge on any atom is -0.484 e. The lowest BCUT2D eigenvalue weighted by Crippen LogP contribution is -2.46. The van der Waals surface area contributed by atoms with Gasteiger partial charge in [0.1, 0.15) is 5.75 Å². The zero-order valence-electron chi connectivity index (χ0n) is 18.2. The van der Waals surface area contributed by atoms with Gasteiger partial charge in [-0.2, -0.15) is 0 Å². The first-order chi connectivity index (χ1) is 15.7. The molecule has 0 spiro atoms. The van der Waals surface area contributed by atoms with Crippen molar-refractivity contribution in [3.05, 3.63) is 77.9 Å². The van der Waals surface area contributed by atoms with Crippen molar-refractivity contribution in [3.63, 3.8) is 0 Å². The van der Waals surface area contributed by atoms with Gasteiger partial charge in [-0.1, -0.05) is 54.6 Å². The number of carbonyl (C=O) groups excluding carboxylic acids is 2. The number of hydrogen-bond acceptors (Lipinski definition) is 3. The predicted molar refractivity (Wildman–Crippen MR) is 124 cm³/mol. The van der Waals surface area contributed by atoms with Gasteiger partial charge in [-0.05, 0) is 53.3 Å². The Bertz CT molecular complexity index is 1130. The summed E-state index contributed by atoms with van der Waals surface area (Å²) in [6.07, 6.45) is 2.36. The number of amides is 2. The van der Waals surface area contributed by atoms with E-state index in [1.807, 2.05) is 52.3 Å². The van der Waals surface area contributed by atoms with Gasteiger partial charge in [0, 0.05) is 32.1 Å². The van der Waals surface area contributed by atoms with Crippen molar-refractivity contribution in [2.24, 2.45) is 5.92 Å². The van der Waals surface area contributed by atoms with Crippen molar-refractivity contribution < 1.29 is 14.3 Å². The molecule has 0 unspecified atom stereocenters. The number of rotatable bonds is 4. The van der Waals surface area contributed by atoms with E-state index < -0.39 is 0 Å². The van der Waals surface area contributed by atoms with Gasteiger partial charge >= 0.3 is 0 Å². The van der Waals surface area contributed by atoms with E-state index in [4.69, 9.17) is 4.74 Å². The topological polar surface area (TPSA) is 49.9 Å². The summed E-state index contributed by atoms with van der Waals surface area (Å²) < 4.78 is 5.77. The zero-order chi connectivity index (χ0) is 21.9. The predicted octanol–water partition coefficient (Wildman–Crippen LogP) is 4.04. The second-order valence-corrected chi connectivity index (χ2v) is 8.73. The van der Waals surface area contributed by atoms with Crippen LogP contribution in [0.5, 0.6) is 5.75 Å². The summed E-state index contributed by atoms with van der Waals surface area (Å²) in [6, 6.07) is 22.3. The van der Waals surface area contributed by atoms with Crippen LogP contribution in [0.1, 0.15) is 24.0 Å². The molecule has 0 aromatic heterocycles. The largest absolute Gasteiger partial charge is 0.484 e. The lowest BCUT2D eigenvalue weighted by Gasteiger charge is -2.36. The molecule has 0 atom stereocenters. The van der Waals surface area contributed by atoms with Crippen LogP contribution in [-0.4, -0.2) is 47.9 Å². The van der Waals surface area contributed by atoms with E-state index in [2.05, 4.69) is 24.3 Å². The van der Waals surface area contributed by atoms with Gasteiger partial charge < -0.3 is 14.5 Å². The van der Waals surface area contributed by atoms with Gasteiger partial charge in [-0.3, -0.25) is 9.59 Å². The molecule has 3 aromatic rings. The number of fused-ring (bicyclic) bond motifs is 2. The normalized spacial score (nSPS) is 16.6. The maximum Gasteiger partial charge on any atom is 0.260 e. The molecule has 32 heavy (non-hydrogen) atoms. The summed E-state index contributed by atoms with van der Waals surface area (Å²) in [5.74, 6) is 0.924. The molecule has 1 saturated heterocycles. The number of benzene rings is 3. The van der Waals surface area contributed by atoms with Gasteiger partial charge in [0.15, 0.2) is 6.61 Å². The van der Waals surface area contributed by atoms with E-state index in [1.165, 1.54) is 11.1 Å². The lowest BCUT2D eigenvalue weighted by atomic mass is 9.93. The molecule has 2 heterocycles. The highest BCUT2D eigenvalue weighted by Crippen LogP contribution is 2.25. The van der Waals surface area contributed by atoms with Crippen LogP contribution in [0.15, 0.2) is 66.7 Å². The van der Waals surface area contributed by atoms with Gasteiger partial charge in [0.25, 0.3) is 5.91 Å². The average molecular weight is 429 g/mol. The molecule has 0 bridgehead atoms. The highest BCUT2D eigenvalue weighted by Gasteiger charge is 2.31. The Balaban J connectivity index is 1.11. The third kappa shape index (κ3) is 4.33. The van der Waals surface area contributed by atoms with Crippen molar-refractivity contribution in [2.45, 2.75) is 25.8 Å². The number of hydrogen-bond donors (Lipinski definition) is 0. The van der Waals surface area contributed by atoms with Crippen LogP contribution in [0.4, 0.5) is 0 Å². The molecule has 2 aliphatic rings. The Labute approximate surface area is 188 Å². The summed E-state index contributed by atoms with van der Waals surface area (Å²) in [5, 5.41) is 2.24. The van der Waals surface area contributed by atoms with E-state index in [0.29, 0.717) is 25.4 Å². The van der Waals surface area contributed by atoms with Crippen LogP contribution in [0.2, 0.25) is 0 Å². The van der Waals surface area contributed by atoms with Gasteiger partial charge in [-0.25, -0.2) is 0 Å². The van der Waals surface area contributed by atoms with E-state index in [-0.39, 0.29) is 24.3 Å². The third-order valence-corrected chi connectivity index (χ3v) is 6.72. The van der Waals surface area contributed by atoms with Crippen molar-refractivity contribution in [3.8, 4) is 5.75 Å². The van der Waals surface area contributed by atoms with E-state index in [1.54, 1.807) is 0 Å². The summed E-state index contributed by atoms with van der Waals surface area (Å²) in [6.45, 7) is 2.74. The van der Waals surface area contributed by atoms with Gasteiger partial charge in [-0.15, -0.1) is 0 Å². The van der Waals surface area contributed by atoms with Crippen LogP contribution in [0.25, 0.3) is 10.8 Å².